The first kappa shape index (κ1) is 14.6. The SMILES string of the molecule is CC(C)C(C)OCc1c(C(=O)NN)oc2ccccc12. The molecule has 1 aromatic heterocycles. The van der Waals surface area contributed by atoms with Gasteiger partial charge in [0.15, 0.2) is 5.76 Å². The average molecular weight is 276 g/mol. The fourth-order valence-corrected chi connectivity index (χ4v) is 1.90. The number of furan rings is 1. The fourth-order valence-electron chi connectivity index (χ4n) is 1.90. The number of hydrogen-bond donors (Lipinski definition) is 2. The second-order valence-corrected chi connectivity index (χ2v) is 5.14. The topological polar surface area (TPSA) is 77.5 Å². The molecule has 1 atom stereocenters. The van der Waals surface area contributed by atoms with E-state index in [1.807, 2.05) is 31.2 Å². The molecule has 20 heavy (non-hydrogen) atoms. The maximum atomic E-state index is 11.8. The van der Waals surface area contributed by atoms with Crippen molar-refractivity contribution >= 4 is 16.9 Å². The van der Waals surface area contributed by atoms with Crippen molar-refractivity contribution in [1.29, 1.82) is 0 Å². The Morgan fingerprint density at radius 3 is 2.70 bits per heavy atom. The molecule has 0 spiro atoms. The second-order valence-electron chi connectivity index (χ2n) is 5.14. The standard InChI is InChI=1S/C15H20N2O3/c1-9(2)10(3)19-8-12-11-6-4-5-7-13(11)20-14(12)15(18)17-16/h4-7,9-10H,8,16H2,1-3H3,(H,17,18). The molecule has 0 fully saturated rings. The molecule has 1 amide bonds. The second kappa shape index (κ2) is 6.07. The molecule has 5 nitrogen and oxygen atoms in total. The highest BCUT2D eigenvalue weighted by atomic mass is 16.5. The molecule has 1 heterocycles. The Bertz CT molecular complexity index is 604. The monoisotopic (exact) mass is 276 g/mol. The number of carbonyl (C=O) groups is 1. The number of benzene rings is 1. The number of carbonyl (C=O) groups excluding carboxylic acids is 1. The van der Waals surface area contributed by atoms with Gasteiger partial charge in [0.05, 0.1) is 12.7 Å². The Morgan fingerprint density at radius 1 is 1.35 bits per heavy atom. The van der Waals surface area contributed by atoms with E-state index in [2.05, 4.69) is 19.3 Å². The maximum Gasteiger partial charge on any atom is 0.301 e. The van der Waals surface area contributed by atoms with Crippen molar-refractivity contribution in [1.82, 2.24) is 5.43 Å². The number of fused-ring (bicyclic) bond motifs is 1. The molecule has 2 aromatic rings. The maximum absolute atomic E-state index is 11.8. The van der Waals surface area contributed by atoms with E-state index in [0.29, 0.717) is 18.1 Å². The van der Waals surface area contributed by atoms with Crippen LogP contribution in [-0.2, 0) is 11.3 Å². The minimum absolute atomic E-state index is 0.0949. The summed E-state index contributed by atoms with van der Waals surface area (Å²) in [5, 5.41) is 0.877. The van der Waals surface area contributed by atoms with Crippen molar-refractivity contribution in [3.05, 3.63) is 35.6 Å². The first-order chi connectivity index (χ1) is 9.54. The van der Waals surface area contributed by atoms with Crippen LogP contribution in [0.5, 0.6) is 0 Å². The summed E-state index contributed by atoms with van der Waals surface area (Å²) in [7, 11) is 0. The molecular formula is C15H20N2O3. The van der Waals surface area contributed by atoms with Crippen LogP contribution >= 0.6 is 0 Å². The minimum Gasteiger partial charge on any atom is -0.450 e. The van der Waals surface area contributed by atoms with Crippen molar-refractivity contribution in [2.24, 2.45) is 11.8 Å². The lowest BCUT2D eigenvalue weighted by atomic mass is 10.1. The Labute approximate surface area is 118 Å². The molecule has 1 unspecified atom stereocenters. The lowest BCUT2D eigenvalue weighted by Crippen LogP contribution is -2.30. The van der Waals surface area contributed by atoms with Gasteiger partial charge < -0.3 is 9.15 Å². The van der Waals surface area contributed by atoms with Crippen molar-refractivity contribution in [2.75, 3.05) is 0 Å². The third kappa shape index (κ3) is 2.84. The zero-order valence-corrected chi connectivity index (χ0v) is 12.0. The highest BCUT2D eigenvalue weighted by Crippen LogP contribution is 2.27. The largest absolute Gasteiger partial charge is 0.450 e. The fraction of sp³-hybridized carbons (Fsp3) is 0.400. The van der Waals surface area contributed by atoms with Gasteiger partial charge in [0.2, 0.25) is 0 Å². The zero-order chi connectivity index (χ0) is 14.7. The summed E-state index contributed by atoms with van der Waals surface area (Å²) < 4.78 is 11.4. The van der Waals surface area contributed by atoms with E-state index in [-0.39, 0.29) is 11.9 Å². The molecular weight excluding hydrogens is 256 g/mol. The molecule has 108 valence electrons. The predicted octanol–water partition coefficient (Wildman–Crippen LogP) is 2.60. The normalized spacial score (nSPS) is 12.8. The van der Waals surface area contributed by atoms with E-state index in [4.69, 9.17) is 15.0 Å². The van der Waals surface area contributed by atoms with Gasteiger partial charge in [-0.2, -0.15) is 0 Å². The highest BCUT2D eigenvalue weighted by Gasteiger charge is 2.20. The molecule has 0 aliphatic rings. The summed E-state index contributed by atoms with van der Waals surface area (Å²) in [6.07, 6.45) is 0.0949. The van der Waals surface area contributed by atoms with E-state index >= 15 is 0 Å². The number of hydrogen-bond acceptors (Lipinski definition) is 4. The Morgan fingerprint density at radius 2 is 2.05 bits per heavy atom. The molecule has 3 N–H and O–H groups in total. The summed E-state index contributed by atoms with van der Waals surface area (Å²) in [5.74, 6) is 5.37. The molecule has 2 rings (SSSR count). The van der Waals surface area contributed by atoms with Gasteiger partial charge in [-0.1, -0.05) is 32.0 Å². The van der Waals surface area contributed by atoms with Crippen molar-refractivity contribution in [3.8, 4) is 0 Å². The number of para-hydroxylation sites is 1. The Hall–Kier alpha value is -1.85. The lowest BCUT2D eigenvalue weighted by molar-refractivity contribution is 0.0232. The summed E-state index contributed by atoms with van der Waals surface area (Å²) >= 11 is 0. The van der Waals surface area contributed by atoms with Crippen LogP contribution in [0, 0.1) is 5.92 Å². The smallest absolute Gasteiger partial charge is 0.301 e. The molecule has 0 radical (unpaired) electrons. The number of amides is 1. The number of rotatable bonds is 5. The van der Waals surface area contributed by atoms with Crippen molar-refractivity contribution in [3.63, 3.8) is 0 Å². The van der Waals surface area contributed by atoms with Crippen molar-refractivity contribution in [2.45, 2.75) is 33.5 Å². The van der Waals surface area contributed by atoms with Crippen LogP contribution in [0.2, 0.25) is 0 Å². The van der Waals surface area contributed by atoms with E-state index in [0.717, 1.165) is 10.9 Å². The van der Waals surface area contributed by atoms with E-state index in [1.165, 1.54) is 0 Å². The van der Waals surface area contributed by atoms with Crippen LogP contribution in [-0.4, -0.2) is 12.0 Å². The molecule has 0 bridgehead atoms. The predicted molar refractivity (Wildman–Crippen MR) is 77.0 cm³/mol. The summed E-state index contributed by atoms with van der Waals surface area (Å²) in [5.41, 5.74) is 3.49. The molecule has 0 aliphatic heterocycles. The lowest BCUT2D eigenvalue weighted by Gasteiger charge is -2.16. The van der Waals surface area contributed by atoms with Gasteiger partial charge in [-0.15, -0.1) is 0 Å². The third-order valence-corrected chi connectivity index (χ3v) is 3.47. The number of hydrazine groups is 1. The van der Waals surface area contributed by atoms with Gasteiger partial charge in [-0.05, 0) is 18.9 Å². The Kier molecular flexibility index (Phi) is 4.42. The first-order valence-corrected chi connectivity index (χ1v) is 6.67. The minimum atomic E-state index is -0.447. The summed E-state index contributed by atoms with van der Waals surface area (Å²) in [4.78, 5) is 11.8. The van der Waals surface area contributed by atoms with Crippen LogP contribution in [0.4, 0.5) is 0 Å². The first-order valence-electron chi connectivity index (χ1n) is 6.67. The van der Waals surface area contributed by atoms with Crippen LogP contribution in [0.1, 0.15) is 36.9 Å². The number of ether oxygens (including phenoxy) is 1. The zero-order valence-electron chi connectivity index (χ0n) is 12.0. The molecule has 1 aromatic carbocycles. The van der Waals surface area contributed by atoms with Crippen LogP contribution in [0.25, 0.3) is 11.0 Å². The summed E-state index contributed by atoms with van der Waals surface area (Å²) in [6, 6.07) is 7.48. The quantitative estimate of drug-likeness (QED) is 0.500. The van der Waals surface area contributed by atoms with Gasteiger partial charge >= 0.3 is 5.91 Å². The van der Waals surface area contributed by atoms with Gasteiger partial charge in [0.1, 0.15) is 5.58 Å². The van der Waals surface area contributed by atoms with Crippen LogP contribution < -0.4 is 11.3 Å². The van der Waals surface area contributed by atoms with Gasteiger partial charge in [-0.3, -0.25) is 10.2 Å². The van der Waals surface area contributed by atoms with E-state index < -0.39 is 5.91 Å². The van der Waals surface area contributed by atoms with Gasteiger partial charge in [-0.25, -0.2) is 5.84 Å². The van der Waals surface area contributed by atoms with Gasteiger partial charge in [0, 0.05) is 10.9 Å². The van der Waals surface area contributed by atoms with Crippen molar-refractivity contribution < 1.29 is 13.9 Å². The molecule has 0 aliphatic carbocycles. The highest BCUT2D eigenvalue weighted by molar-refractivity contribution is 5.98. The molecule has 0 saturated heterocycles. The third-order valence-electron chi connectivity index (χ3n) is 3.47. The number of nitrogen functional groups attached to an aromatic ring is 1. The van der Waals surface area contributed by atoms with Gasteiger partial charge in [0.25, 0.3) is 0 Å². The van der Waals surface area contributed by atoms with E-state index in [1.54, 1.807) is 0 Å². The molecule has 5 heteroatoms. The Balaban J connectivity index is 2.35. The number of nitrogens with one attached hydrogen (secondary N) is 1. The average Bonchev–Trinajstić information content (AvgIpc) is 2.82. The number of nitrogens with two attached hydrogens (primary N) is 1. The molecule has 0 saturated carbocycles. The van der Waals surface area contributed by atoms with Crippen LogP contribution in [0.3, 0.4) is 0 Å². The summed E-state index contributed by atoms with van der Waals surface area (Å²) in [6.45, 7) is 6.51. The van der Waals surface area contributed by atoms with E-state index in [9.17, 15) is 4.79 Å². The van der Waals surface area contributed by atoms with Crippen LogP contribution in [0.15, 0.2) is 28.7 Å².